The van der Waals surface area contributed by atoms with Crippen LogP contribution in [0.5, 0.6) is 0 Å². The Morgan fingerprint density at radius 3 is 2.90 bits per heavy atom. The fraction of sp³-hybridized carbons (Fsp3) is 0.462. The second-order valence-electron chi connectivity index (χ2n) is 4.74. The molecule has 110 valence electrons. The second kappa shape index (κ2) is 6.23. The quantitative estimate of drug-likeness (QED) is 0.702. The van der Waals surface area contributed by atoms with Crippen molar-refractivity contribution in [2.45, 2.75) is 12.3 Å². The Labute approximate surface area is 119 Å². The molecule has 3 N–H and O–H groups in total. The molecule has 0 spiro atoms. The van der Waals surface area contributed by atoms with Crippen molar-refractivity contribution in [1.82, 2.24) is 10.0 Å². The Kier molecular flexibility index (Phi) is 4.61. The number of nitrogens with one attached hydrogen (secondary N) is 3. The van der Waals surface area contributed by atoms with Crippen LogP contribution in [0.2, 0.25) is 0 Å². The van der Waals surface area contributed by atoms with Crippen molar-refractivity contribution in [2.75, 3.05) is 31.2 Å². The van der Waals surface area contributed by atoms with Gasteiger partial charge in [-0.25, -0.2) is 13.1 Å². The van der Waals surface area contributed by atoms with Gasteiger partial charge in [0.2, 0.25) is 15.9 Å². The number of sulfonamides is 1. The van der Waals surface area contributed by atoms with Crippen LogP contribution >= 0.6 is 0 Å². The van der Waals surface area contributed by atoms with Gasteiger partial charge in [-0.1, -0.05) is 18.2 Å². The van der Waals surface area contributed by atoms with Crippen molar-refractivity contribution in [3.63, 3.8) is 0 Å². The van der Waals surface area contributed by atoms with E-state index in [-0.39, 0.29) is 24.1 Å². The minimum absolute atomic E-state index is 0.102. The van der Waals surface area contributed by atoms with Gasteiger partial charge < -0.3 is 10.6 Å². The molecule has 1 heterocycles. The number of hydrogen-bond donors (Lipinski definition) is 3. The monoisotopic (exact) mass is 297 g/mol. The summed E-state index contributed by atoms with van der Waals surface area (Å²) in [6, 6.07) is 7.92. The molecule has 2 rings (SSSR count). The summed E-state index contributed by atoms with van der Waals surface area (Å²) in [6.45, 7) is 0.866. The van der Waals surface area contributed by atoms with E-state index in [9.17, 15) is 13.2 Å². The van der Waals surface area contributed by atoms with E-state index in [2.05, 4.69) is 15.4 Å². The molecule has 6 nitrogen and oxygen atoms in total. The molecule has 1 aromatic carbocycles. The number of anilines is 1. The van der Waals surface area contributed by atoms with Gasteiger partial charge in [0.05, 0.1) is 5.75 Å². The van der Waals surface area contributed by atoms with E-state index in [4.69, 9.17) is 0 Å². The van der Waals surface area contributed by atoms with Crippen LogP contribution in [0, 0.1) is 0 Å². The summed E-state index contributed by atoms with van der Waals surface area (Å²) < 4.78 is 24.6. The van der Waals surface area contributed by atoms with E-state index in [0.29, 0.717) is 6.42 Å². The highest BCUT2D eigenvalue weighted by Crippen LogP contribution is 2.32. The largest absolute Gasteiger partial charge is 0.384 e. The molecule has 0 aromatic heterocycles. The second-order valence-corrected chi connectivity index (χ2v) is 6.79. The average molecular weight is 297 g/mol. The van der Waals surface area contributed by atoms with Gasteiger partial charge in [0.25, 0.3) is 0 Å². The lowest BCUT2D eigenvalue weighted by atomic mass is 9.98. The first-order chi connectivity index (χ1) is 9.52. The van der Waals surface area contributed by atoms with Gasteiger partial charge in [0.15, 0.2) is 0 Å². The predicted octanol–water partition coefficient (Wildman–Crippen LogP) is 0.251. The first kappa shape index (κ1) is 14.8. The van der Waals surface area contributed by atoms with Gasteiger partial charge >= 0.3 is 0 Å². The molecule has 1 aromatic rings. The minimum atomic E-state index is -3.27. The Morgan fingerprint density at radius 2 is 2.15 bits per heavy atom. The SMILES string of the molecule is CNS(=O)(=O)CCNC(=O)CC1CNc2ccccc21. The lowest BCUT2D eigenvalue weighted by Gasteiger charge is -2.10. The lowest BCUT2D eigenvalue weighted by Crippen LogP contribution is -2.33. The highest BCUT2D eigenvalue weighted by Gasteiger charge is 2.23. The van der Waals surface area contributed by atoms with Crippen molar-refractivity contribution in [3.05, 3.63) is 29.8 Å². The first-order valence-electron chi connectivity index (χ1n) is 6.52. The van der Waals surface area contributed by atoms with Crippen LogP contribution in [-0.2, 0) is 14.8 Å². The van der Waals surface area contributed by atoms with Gasteiger partial charge in [-0.05, 0) is 18.7 Å². The highest BCUT2D eigenvalue weighted by atomic mass is 32.2. The molecule has 1 unspecified atom stereocenters. The molecule has 0 saturated heterocycles. The zero-order valence-electron chi connectivity index (χ0n) is 11.3. The first-order valence-corrected chi connectivity index (χ1v) is 8.18. The molecule has 0 aliphatic carbocycles. The maximum Gasteiger partial charge on any atom is 0.220 e. The lowest BCUT2D eigenvalue weighted by molar-refractivity contribution is -0.121. The van der Waals surface area contributed by atoms with Crippen LogP contribution < -0.4 is 15.4 Å². The molecule has 0 fully saturated rings. The van der Waals surface area contributed by atoms with E-state index >= 15 is 0 Å². The fourth-order valence-corrected chi connectivity index (χ4v) is 2.84. The number of rotatable bonds is 6. The molecular formula is C13H19N3O3S. The number of hydrogen-bond acceptors (Lipinski definition) is 4. The zero-order chi connectivity index (χ0) is 14.6. The van der Waals surface area contributed by atoms with Crippen molar-refractivity contribution >= 4 is 21.6 Å². The summed E-state index contributed by atoms with van der Waals surface area (Å²) in [5, 5.41) is 5.90. The third-order valence-electron chi connectivity index (χ3n) is 3.38. The standard InChI is InChI=1S/C13H19N3O3S/c1-14-20(18,19)7-6-15-13(17)8-10-9-16-12-5-3-2-4-11(10)12/h2-5,10,14,16H,6-9H2,1H3,(H,15,17). The number of para-hydroxylation sites is 1. The van der Waals surface area contributed by atoms with Crippen molar-refractivity contribution < 1.29 is 13.2 Å². The van der Waals surface area contributed by atoms with Crippen molar-refractivity contribution in [2.24, 2.45) is 0 Å². The third-order valence-corrected chi connectivity index (χ3v) is 4.74. The summed E-state index contributed by atoms with van der Waals surface area (Å²) in [5.74, 6) is -0.0821. The van der Waals surface area contributed by atoms with E-state index in [1.165, 1.54) is 7.05 Å². The van der Waals surface area contributed by atoms with E-state index in [0.717, 1.165) is 17.8 Å². The molecular weight excluding hydrogens is 278 g/mol. The third kappa shape index (κ3) is 3.71. The van der Waals surface area contributed by atoms with Gasteiger partial charge in [-0.15, -0.1) is 0 Å². The molecule has 7 heteroatoms. The maximum absolute atomic E-state index is 11.8. The van der Waals surface area contributed by atoms with Gasteiger partial charge in [-0.3, -0.25) is 4.79 Å². The van der Waals surface area contributed by atoms with Crippen LogP contribution in [0.4, 0.5) is 5.69 Å². The normalized spacial score (nSPS) is 17.4. The molecule has 0 saturated carbocycles. The number of fused-ring (bicyclic) bond motifs is 1. The topological polar surface area (TPSA) is 87.3 Å². The van der Waals surface area contributed by atoms with Crippen LogP contribution in [0.3, 0.4) is 0 Å². The molecule has 1 aliphatic heterocycles. The summed E-state index contributed by atoms with van der Waals surface area (Å²) in [4.78, 5) is 11.8. The van der Waals surface area contributed by atoms with Gasteiger partial charge in [-0.2, -0.15) is 0 Å². The molecule has 0 bridgehead atoms. The van der Waals surface area contributed by atoms with Crippen LogP contribution in [0.25, 0.3) is 0 Å². The van der Waals surface area contributed by atoms with Gasteiger partial charge in [0.1, 0.15) is 0 Å². The number of benzene rings is 1. The van der Waals surface area contributed by atoms with Crippen molar-refractivity contribution in [1.29, 1.82) is 0 Å². The number of carbonyl (C=O) groups is 1. The molecule has 1 aliphatic rings. The van der Waals surface area contributed by atoms with Crippen LogP contribution in [0.1, 0.15) is 17.9 Å². The van der Waals surface area contributed by atoms with Gasteiger partial charge in [0, 0.05) is 31.1 Å². The van der Waals surface area contributed by atoms with E-state index in [1.807, 2.05) is 24.3 Å². The summed E-state index contributed by atoms with van der Waals surface area (Å²) in [5.41, 5.74) is 2.22. The molecule has 1 atom stereocenters. The maximum atomic E-state index is 11.8. The predicted molar refractivity (Wildman–Crippen MR) is 78.1 cm³/mol. The molecule has 1 amide bonds. The summed E-state index contributed by atoms with van der Waals surface area (Å²) >= 11 is 0. The van der Waals surface area contributed by atoms with E-state index < -0.39 is 10.0 Å². The number of carbonyl (C=O) groups excluding carboxylic acids is 1. The Morgan fingerprint density at radius 1 is 1.40 bits per heavy atom. The fourth-order valence-electron chi connectivity index (χ4n) is 2.26. The van der Waals surface area contributed by atoms with Crippen LogP contribution in [-0.4, -0.2) is 40.2 Å². The minimum Gasteiger partial charge on any atom is -0.384 e. The summed E-state index contributed by atoms with van der Waals surface area (Å²) in [7, 11) is -1.91. The molecule has 20 heavy (non-hydrogen) atoms. The highest BCUT2D eigenvalue weighted by molar-refractivity contribution is 7.89. The number of amides is 1. The van der Waals surface area contributed by atoms with Crippen molar-refractivity contribution in [3.8, 4) is 0 Å². The zero-order valence-corrected chi connectivity index (χ0v) is 12.2. The Bertz CT molecular complexity index is 586. The van der Waals surface area contributed by atoms with Crippen LogP contribution in [0.15, 0.2) is 24.3 Å². The Hall–Kier alpha value is -1.60. The smallest absolute Gasteiger partial charge is 0.220 e. The molecule has 0 radical (unpaired) electrons. The Balaban J connectivity index is 1.82. The van der Waals surface area contributed by atoms with E-state index in [1.54, 1.807) is 0 Å². The average Bonchev–Trinajstić information content (AvgIpc) is 2.82. The summed E-state index contributed by atoms with van der Waals surface area (Å²) in [6.07, 6.45) is 0.365.